The largest absolute Gasteiger partial charge is 0.293 e. The SMILES string of the molecule is O=C(CSSCC(=O)c1ccc(NS(=O)(=O)c2ccc(Cl)cc2)cc1)c1ccc(NS(=O)(=O)c2ccc(Cl)cc2)cc1. The van der Waals surface area contributed by atoms with Crippen LogP contribution in [0.15, 0.2) is 107 Å². The number of hydrogen-bond donors (Lipinski definition) is 2. The fourth-order valence-electron chi connectivity index (χ4n) is 3.46. The summed E-state index contributed by atoms with van der Waals surface area (Å²) in [7, 11) is -5.16. The first-order valence-corrected chi connectivity index (χ1v) is 18.2. The summed E-state index contributed by atoms with van der Waals surface area (Å²) in [4.78, 5) is 25.2. The van der Waals surface area contributed by atoms with E-state index in [0.29, 0.717) is 32.5 Å². The van der Waals surface area contributed by atoms with Gasteiger partial charge in [-0.3, -0.25) is 19.0 Å². The molecule has 42 heavy (non-hydrogen) atoms. The number of rotatable bonds is 13. The molecule has 4 aromatic carbocycles. The average Bonchev–Trinajstić information content (AvgIpc) is 2.96. The molecule has 0 fully saturated rings. The van der Waals surface area contributed by atoms with Crippen LogP contribution in [0.4, 0.5) is 11.4 Å². The fraction of sp³-hybridized carbons (Fsp3) is 0.0714. The van der Waals surface area contributed by atoms with Crippen LogP contribution in [-0.2, 0) is 20.0 Å². The van der Waals surface area contributed by atoms with Crippen LogP contribution in [0.25, 0.3) is 0 Å². The zero-order valence-electron chi connectivity index (χ0n) is 21.5. The van der Waals surface area contributed by atoms with Crippen molar-refractivity contribution in [2.24, 2.45) is 0 Å². The summed E-state index contributed by atoms with van der Waals surface area (Å²) in [5.41, 5.74) is 1.41. The lowest BCUT2D eigenvalue weighted by atomic mass is 10.1. The predicted octanol–water partition coefficient (Wildman–Crippen LogP) is 7.04. The molecule has 0 aromatic heterocycles. The third-order valence-corrected chi connectivity index (χ3v) is 11.1. The molecule has 218 valence electrons. The quantitative estimate of drug-likeness (QED) is 0.0875. The highest BCUT2D eigenvalue weighted by atomic mass is 35.5. The maximum Gasteiger partial charge on any atom is 0.261 e. The van der Waals surface area contributed by atoms with Crippen LogP contribution in [0, 0.1) is 0 Å². The summed E-state index contributed by atoms with van der Waals surface area (Å²) in [5, 5.41) is 0.843. The van der Waals surface area contributed by atoms with Gasteiger partial charge in [0.15, 0.2) is 11.6 Å². The molecule has 0 aliphatic rings. The maximum absolute atomic E-state index is 12.5. The molecule has 4 rings (SSSR count). The third kappa shape index (κ3) is 8.76. The van der Waals surface area contributed by atoms with Crippen LogP contribution < -0.4 is 9.44 Å². The van der Waals surface area contributed by atoms with Crippen molar-refractivity contribution in [2.75, 3.05) is 20.9 Å². The van der Waals surface area contributed by atoms with Gasteiger partial charge >= 0.3 is 0 Å². The van der Waals surface area contributed by atoms with E-state index in [1.807, 2.05) is 0 Å². The Bertz CT molecular complexity index is 1650. The van der Waals surface area contributed by atoms with Crippen molar-refractivity contribution in [3.8, 4) is 0 Å². The van der Waals surface area contributed by atoms with Crippen LogP contribution in [0.1, 0.15) is 20.7 Å². The van der Waals surface area contributed by atoms with E-state index < -0.39 is 20.0 Å². The second kappa shape index (κ2) is 14.0. The lowest BCUT2D eigenvalue weighted by molar-refractivity contribution is 0.101. The van der Waals surface area contributed by atoms with Gasteiger partial charge in [0.1, 0.15) is 0 Å². The molecule has 0 saturated carbocycles. The molecule has 0 radical (unpaired) electrons. The summed E-state index contributed by atoms with van der Waals surface area (Å²) in [5.74, 6) is -0.132. The van der Waals surface area contributed by atoms with E-state index in [0.717, 1.165) is 0 Å². The molecule has 0 spiro atoms. The van der Waals surface area contributed by atoms with Crippen LogP contribution in [0.2, 0.25) is 10.0 Å². The molecular formula is C28H22Cl2N2O6S4. The Balaban J connectivity index is 1.23. The molecule has 0 amide bonds. The maximum atomic E-state index is 12.5. The van der Waals surface area contributed by atoms with Crippen molar-refractivity contribution in [1.29, 1.82) is 0 Å². The van der Waals surface area contributed by atoms with E-state index in [9.17, 15) is 26.4 Å². The number of Topliss-reactive ketones (excluding diaryl/α,β-unsaturated/α-hetero) is 2. The smallest absolute Gasteiger partial charge is 0.261 e. The Morgan fingerprint density at radius 1 is 0.524 bits per heavy atom. The standard InChI is InChI=1S/C28H22Cl2N2O6S4/c29-21-5-13-25(14-6-21)41(35,36)31-23-9-1-19(2-10-23)27(33)17-39-40-18-28(34)20-3-11-24(12-4-20)32-42(37,38)26-15-7-22(30)8-16-26/h1-16,31-32H,17-18H2. The van der Waals surface area contributed by atoms with Crippen molar-refractivity contribution >= 4 is 87.8 Å². The van der Waals surface area contributed by atoms with Crippen molar-refractivity contribution < 1.29 is 26.4 Å². The van der Waals surface area contributed by atoms with Gasteiger partial charge in [0.2, 0.25) is 0 Å². The second-order valence-corrected chi connectivity index (χ2v) is 15.3. The lowest BCUT2D eigenvalue weighted by Crippen LogP contribution is -2.13. The van der Waals surface area contributed by atoms with Gasteiger partial charge in [-0.1, -0.05) is 44.8 Å². The topological polar surface area (TPSA) is 126 Å². The van der Waals surface area contributed by atoms with Crippen LogP contribution in [0.3, 0.4) is 0 Å². The first-order chi connectivity index (χ1) is 19.9. The highest BCUT2D eigenvalue weighted by molar-refractivity contribution is 8.77. The molecule has 0 heterocycles. The predicted molar refractivity (Wildman–Crippen MR) is 171 cm³/mol. The van der Waals surface area contributed by atoms with Gasteiger partial charge in [-0.05, 0) is 97.1 Å². The van der Waals surface area contributed by atoms with E-state index in [4.69, 9.17) is 23.2 Å². The number of sulfonamides is 2. The van der Waals surface area contributed by atoms with Gasteiger partial charge in [0.05, 0.1) is 21.3 Å². The summed E-state index contributed by atoms with van der Waals surface area (Å²) in [6.45, 7) is 0. The van der Waals surface area contributed by atoms with Gasteiger partial charge in [-0.2, -0.15) is 0 Å². The average molecular weight is 682 g/mol. The monoisotopic (exact) mass is 680 g/mol. The summed E-state index contributed by atoms with van der Waals surface area (Å²) >= 11 is 11.6. The van der Waals surface area contributed by atoms with Gasteiger partial charge < -0.3 is 0 Å². The zero-order chi connectivity index (χ0) is 30.3. The molecule has 0 atom stereocenters. The molecule has 14 heteroatoms. The van der Waals surface area contributed by atoms with Crippen molar-refractivity contribution in [3.05, 3.63) is 118 Å². The highest BCUT2D eigenvalue weighted by Crippen LogP contribution is 2.25. The molecule has 4 aromatic rings. The van der Waals surface area contributed by atoms with Gasteiger partial charge in [-0.15, -0.1) is 0 Å². The molecule has 2 N–H and O–H groups in total. The Labute approximate surface area is 261 Å². The molecule has 0 unspecified atom stereocenters. The van der Waals surface area contributed by atoms with Gasteiger partial charge in [-0.25, -0.2) is 16.8 Å². The Hall–Kier alpha value is -3.00. The van der Waals surface area contributed by atoms with Crippen molar-refractivity contribution in [1.82, 2.24) is 0 Å². The summed E-state index contributed by atoms with van der Waals surface area (Å²) < 4.78 is 55.0. The minimum atomic E-state index is -3.80. The number of carbonyl (C=O) groups excluding carboxylic acids is 2. The lowest BCUT2D eigenvalue weighted by Gasteiger charge is -2.09. The Kier molecular flexibility index (Phi) is 10.6. The number of anilines is 2. The molecule has 8 nitrogen and oxygen atoms in total. The van der Waals surface area contributed by atoms with Gasteiger partial charge in [0, 0.05) is 32.5 Å². The minimum absolute atomic E-state index is 0.0599. The van der Waals surface area contributed by atoms with Crippen molar-refractivity contribution in [3.63, 3.8) is 0 Å². The van der Waals surface area contributed by atoms with Crippen LogP contribution >= 0.6 is 44.8 Å². The zero-order valence-corrected chi connectivity index (χ0v) is 26.3. The second-order valence-electron chi connectivity index (χ2n) is 8.64. The van der Waals surface area contributed by atoms with Crippen molar-refractivity contribution in [2.45, 2.75) is 9.79 Å². The number of carbonyl (C=O) groups is 2. The third-order valence-electron chi connectivity index (χ3n) is 5.63. The molecular weight excluding hydrogens is 659 g/mol. The number of benzene rings is 4. The van der Waals surface area contributed by atoms with E-state index in [2.05, 4.69) is 9.44 Å². The molecule has 0 aliphatic carbocycles. The van der Waals surface area contributed by atoms with Crippen LogP contribution in [0.5, 0.6) is 0 Å². The summed E-state index contributed by atoms with van der Waals surface area (Å²) in [6, 6.07) is 23.6. The van der Waals surface area contributed by atoms with E-state index >= 15 is 0 Å². The highest BCUT2D eigenvalue weighted by Gasteiger charge is 2.16. The summed E-state index contributed by atoms with van der Waals surface area (Å²) in [6.07, 6.45) is 0. The van der Waals surface area contributed by atoms with E-state index in [1.165, 1.54) is 119 Å². The van der Waals surface area contributed by atoms with E-state index in [-0.39, 0.29) is 32.9 Å². The van der Waals surface area contributed by atoms with E-state index in [1.54, 1.807) is 0 Å². The normalized spacial score (nSPS) is 11.6. The molecule has 0 bridgehead atoms. The molecule has 0 saturated heterocycles. The first kappa shape index (κ1) is 31.9. The minimum Gasteiger partial charge on any atom is -0.293 e. The Morgan fingerprint density at radius 2 is 0.833 bits per heavy atom. The van der Waals surface area contributed by atoms with Crippen LogP contribution in [-0.4, -0.2) is 39.9 Å². The first-order valence-electron chi connectivity index (χ1n) is 12.0. The molecule has 0 aliphatic heterocycles. The number of hydrogen-bond acceptors (Lipinski definition) is 8. The number of ketones is 2. The Morgan fingerprint density at radius 3 is 1.14 bits per heavy atom. The fourth-order valence-corrected chi connectivity index (χ4v) is 7.69. The van der Waals surface area contributed by atoms with Gasteiger partial charge in [0.25, 0.3) is 20.0 Å². The number of nitrogens with one attached hydrogen (secondary N) is 2. The number of halogens is 2.